The minimum atomic E-state index is -1.31. The average Bonchev–Trinajstić information content (AvgIpc) is 2.92. The van der Waals surface area contributed by atoms with E-state index in [1.165, 1.54) is 0 Å². The van der Waals surface area contributed by atoms with Gasteiger partial charge in [-0.15, -0.1) is 0 Å². The smallest absolute Gasteiger partial charge is 0.278 e. The van der Waals surface area contributed by atoms with E-state index in [0.717, 1.165) is 16.8 Å². The number of nitrogens with zero attached hydrogens (tertiary/aromatic N) is 2. The molecule has 5 heteroatoms. The predicted octanol–water partition coefficient (Wildman–Crippen LogP) is 3.90. The van der Waals surface area contributed by atoms with Crippen molar-refractivity contribution >= 4 is 28.9 Å². The van der Waals surface area contributed by atoms with Crippen molar-refractivity contribution in [1.29, 1.82) is 0 Å². The molecule has 0 fully saturated rings. The number of hydrogen-bond donors (Lipinski definition) is 1. The van der Waals surface area contributed by atoms with Crippen molar-refractivity contribution in [2.75, 3.05) is 22.2 Å². The minimum absolute atomic E-state index is 0.183. The van der Waals surface area contributed by atoms with Gasteiger partial charge in [0.25, 0.3) is 11.8 Å². The minimum Gasteiger partial charge on any atom is -0.350 e. The van der Waals surface area contributed by atoms with Crippen LogP contribution in [0.3, 0.4) is 0 Å². The number of likely N-dealkylation sites (N-methyl/N-ethyl adjacent to an activating group) is 1. The van der Waals surface area contributed by atoms with E-state index in [4.69, 9.17) is 0 Å². The fourth-order valence-electron chi connectivity index (χ4n) is 4.18. The highest BCUT2D eigenvalue weighted by molar-refractivity contribution is 6.22. The van der Waals surface area contributed by atoms with Crippen molar-refractivity contribution in [3.8, 4) is 0 Å². The molecule has 0 aliphatic carbocycles. The molecular weight excluding hydrogens is 350 g/mol. The lowest BCUT2D eigenvalue weighted by Gasteiger charge is -2.44. The van der Waals surface area contributed by atoms with Crippen molar-refractivity contribution < 1.29 is 9.59 Å². The maximum Gasteiger partial charge on any atom is 0.278 e. The van der Waals surface area contributed by atoms with E-state index in [9.17, 15) is 9.59 Å². The van der Waals surface area contributed by atoms with Crippen LogP contribution in [0.15, 0.2) is 72.8 Å². The Hall–Kier alpha value is -3.60. The molecule has 0 saturated carbocycles. The molecule has 5 nitrogen and oxygen atoms in total. The highest BCUT2D eigenvalue weighted by Gasteiger charge is 2.58. The number of amides is 2. The van der Waals surface area contributed by atoms with Crippen LogP contribution in [0.1, 0.15) is 21.5 Å². The van der Waals surface area contributed by atoms with Crippen LogP contribution in [-0.2, 0) is 10.5 Å². The van der Waals surface area contributed by atoms with Gasteiger partial charge in [0.1, 0.15) is 0 Å². The Kier molecular flexibility index (Phi) is 3.37. The lowest BCUT2D eigenvalue weighted by molar-refractivity contribution is -0.121. The number of anilines is 3. The normalized spacial score (nSPS) is 20.2. The largest absolute Gasteiger partial charge is 0.350 e. The topological polar surface area (TPSA) is 52.7 Å². The Balaban J connectivity index is 1.83. The molecule has 1 unspecified atom stereocenters. The van der Waals surface area contributed by atoms with Gasteiger partial charge < -0.3 is 10.2 Å². The standard InChI is InChI=1S/C23H19N3O2/c1-15-11-13-16(14-12-15)26-21(27)17-7-3-5-9-19(17)24-23(26)18-8-4-6-10-20(18)25(2)22(23)28/h3-14,24H,1-2H3. The van der Waals surface area contributed by atoms with Crippen molar-refractivity contribution in [3.63, 3.8) is 0 Å². The maximum absolute atomic E-state index is 13.6. The van der Waals surface area contributed by atoms with Gasteiger partial charge in [0.05, 0.1) is 11.3 Å². The highest BCUT2D eigenvalue weighted by Crippen LogP contribution is 2.48. The summed E-state index contributed by atoms with van der Waals surface area (Å²) >= 11 is 0. The third kappa shape index (κ3) is 2.01. The number of nitrogens with one attached hydrogen (secondary N) is 1. The van der Waals surface area contributed by atoms with Gasteiger partial charge in [0.2, 0.25) is 5.66 Å². The second-order valence-electron chi connectivity index (χ2n) is 7.24. The molecule has 2 heterocycles. The van der Waals surface area contributed by atoms with Crippen molar-refractivity contribution in [3.05, 3.63) is 89.5 Å². The van der Waals surface area contributed by atoms with E-state index < -0.39 is 5.66 Å². The molecule has 0 radical (unpaired) electrons. The molecule has 1 atom stereocenters. The van der Waals surface area contributed by atoms with Crippen molar-refractivity contribution in [2.45, 2.75) is 12.6 Å². The molecule has 138 valence electrons. The zero-order chi connectivity index (χ0) is 19.5. The lowest BCUT2D eigenvalue weighted by atomic mass is 9.92. The molecule has 2 aliphatic rings. The van der Waals surface area contributed by atoms with Crippen LogP contribution in [0.2, 0.25) is 0 Å². The van der Waals surface area contributed by atoms with Crippen LogP contribution in [0, 0.1) is 6.92 Å². The average molecular weight is 369 g/mol. The zero-order valence-electron chi connectivity index (χ0n) is 15.6. The molecule has 2 aliphatic heterocycles. The first-order chi connectivity index (χ1) is 13.5. The van der Waals surface area contributed by atoms with Crippen LogP contribution in [-0.4, -0.2) is 18.9 Å². The summed E-state index contributed by atoms with van der Waals surface area (Å²) in [6.07, 6.45) is 0. The Morgan fingerprint density at radius 1 is 0.857 bits per heavy atom. The number of carbonyl (C=O) groups excluding carboxylic acids is 2. The number of aryl methyl sites for hydroxylation is 1. The summed E-state index contributed by atoms with van der Waals surface area (Å²) in [6, 6.07) is 22.6. The first-order valence-corrected chi connectivity index (χ1v) is 9.20. The molecular formula is C23H19N3O2. The molecule has 1 N–H and O–H groups in total. The Bertz CT molecular complexity index is 1120. The third-order valence-electron chi connectivity index (χ3n) is 5.57. The van der Waals surface area contributed by atoms with Gasteiger partial charge in [-0.1, -0.05) is 48.0 Å². The number of fused-ring (bicyclic) bond motifs is 3. The first kappa shape index (κ1) is 16.6. The summed E-state index contributed by atoms with van der Waals surface area (Å²) in [5.74, 6) is -0.381. The van der Waals surface area contributed by atoms with Gasteiger partial charge in [-0.3, -0.25) is 14.5 Å². The van der Waals surface area contributed by atoms with E-state index >= 15 is 0 Å². The summed E-state index contributed by atoms with van der Waals surface area (Å²) in [5, 5.41) is 3.42. The van der Waals surface area contributed by atoms with Gasteiger partial charge in [0, 0.05) is 24.0 Å². The number of rotatable bonds is 1. The molecule has 5 rings (SSSR count). The first-order valence-electron chi connectivity index (χ1n) is 9.20. The molecule has 0 aromatic heterocycles. The van der Waals surface area contributed by atoms with Crippen molar-refractivity contribution in [1.82, 2.24) is 0 Å². The fourth-order valence-corrected chi connectivity index (χ4v) is 4.18. The van der Waals surface area contributed by atoms with Gasteiger partial charge in [-0.25, -0.2) is 0 Å². The molecule has 3 aromatic carbocycles. The van der Waals surface area contributed by atoms with Crippen LogP contribution < -0.4 is 15.1 Å². The van der Waals surface area contributed by atoms with Gasteiger partial charge in [-0.2, -0.15) is 0 Å². The van der Waals surface area contributed by atoms with E-state index in [0.29, 0.717) is 16.9 Å². The lowest BCUT2D eigenvalue weighted by Crippen LogP contribution is -2.62. The number of benzene rings is 3. The Morgan fingerprint density at radius 2 is 1.54 bits per heavy atom. The van der Waals surface area contributed by atoms with Crippen molar-refractivity contribution in [2.24, 2.45) is 0 Å². The molecule has 1 spiro atoms. The number of carbonyl (C=O) groups is 2. The monoisotopic (exact) mass is 369 g/mol. The predicted molar refractivity (Wildman–Crippen MR) is 110 cm³/mol. The number of hydrogen-bond acceptors (Lipinski definition) is 3. The van der Waals surface area contributed by atoms with Crippen LogP contribution in [0.25, 0.3) is 0 Å². The van der Waals surface area contributed by atoms with E-state index in [1.807, 2.05) is 73.7 Å². The fraction of sp³-hybridized carbons (Fsp3) is 0.130. The summed E-state index contributed by atoms with van der Waals surface area (Å²) in [4.78, 5) is 30.5. The number of para-hydroxylation sites is 2. The molecule has 2 amide bonds. The summed E-state index contributed by atoms with van der Waals surface area (Å²) in [5.41, 5.74) is 3.23. The van der Waals surface area contributed by atoms with E-state index in [-0.39, 0.29) is 11.8 Å². The molecule has 28 heavy (non-hydrogen) atoms. The SMILES string of the molecule is Cc1ccc(N2C(=O)c3ccccc3NC23C(=O)N(C)c2ccccc23)cc1. The van der Waals surface area contributed by atoms with Crippen LogP contribution in [0.4, 0.5) is 17.1 Å². The third-order valence-corrected chi connectivity index (χ3v) is 5.57. The summed E-state index contributed by atoms with van der Waals surface area (Å²) < 4.78 is 0. The molecule has 3 aromatic rings. The Labute approximate surface area is 163 Å². The molecule has 0 saturated heterocycles. The molecule has 0 bridgehead atoms. The van der Waals surface area contributed by atoms with Gasteiger partial charge in [-0.05, 0) is 37.3 Å². The van der Waals surface area contributed by atoms with E-state index in [1.54, 1.807) is 22.9 Å². The maximum atomic E-state index is 13.6. The highest BCUT2D eigenvalue weighted by atomic mass is 16.2. The second kappa shape index (κ2) is 5.70. The quantitative estimate of drug-likeness (QED) is 0.708. The Morgan fingerprint density at radius 3 is 2.32 bits per heavy atom. The van der Waals surface area contributed by atoms with Gasteiger partial charge >= 0.3 is 0 Å². The summed E-state index contributed by atoms with van der Waals surface area (Å²) in [6.45, 7) is 1.99. The van der Waals surface area contributed by atoms with Crippen LogP contribution >= 0.6 is 0 Å². The second-order valence-corrected chi connectivity index (χ2v) is 7.24. The van der Waals surface area contributed by atoms with E-state index in [2.05, 4.69) is 5.32 Å². The summed E-state index contributed by atoms with van der Waals surface area (Å²) in [7, 11) is 1.75. The van der Waals surface area contributed by atoms with Crippen LogP contribution in [0.5, 0.6) is 0 Å². The van der Waals surface area contributed by atoms with Gasteiger partial charge in [0.15, 0.2) is 0 Å². The zero-order valence-corrected chi connectivity index (χ0v) is 15.6.